The van der Waals surface area contributed by atoms with Crippen molar-refractivity contribution in [1.82, 2.24) is 14.6 Å². The molecule has 3 rings (SSSR count). The number of amides is 1. The number of hydrogen-bond acceptors (Lipinski definition) is 5. The van der Waals surface area contributed by atoms with Crippen LogP contribution in [-0.4, -0.2) is 43.8 Å². The maximum Gasteiger partial charge on any atom is 0.417 e. The molecule has 0 bridgehead atoms. The number of likely N-dealkylation sites (N-methyl/N-ethyl adjacent to an activating group) is 1. The van der Waals surface area contributed by atoms with E-state index in [-0.39, 0.29) is 17.0 Å². The first-order valence-electron chi connectivity index (χ1n) is 8.36. The molecule has 0 saturated heterocycles. The lowest BCUT2D eigenvalue weighted by molar-refractivity contribution is -0.121. The highest BCUT2D eigenvalue weighted by molar-refractivity contribution is 7.89. The highest BCUT2D eigenvalue weighted by Crippen LogP contribution is 2.19. The van der Waals surface area contributed by atoms with E-state index in [1.165, 1.54) is 25.2 Å². The van der Waals surface area contributed by atoms with Crippen LogP contribution in [-0.2, 0) is 21.2 Å². The third kappa shape index (κ3) is 4.61. The van der Waals surface area contributed by atoms with E-state index in [1.54, 1.807) is 12.1 Å². The maximum atomic E-state index is 12.6. The largest absolute Gasteiger partial charge is 0.417 e. The van der Waals surface area contributed by atoms with Gasteiger partial charge in [0.15, 0.2) is 5.58 Å². The number of benzene rings is 2. The lowest BCUT2D eigenvalue weighted by Gasteiger charge is -2.17. The van der Waals surface area contributed by atoms with Crippen molar-refractivity contribution in [1.29, 1.82) is 0 Å². The van der Waals surface area contributed by atoms with Crippen molar-refractivity contribution in [2.24, 2.45) is 0 Å². The highest BCUT2D eigenvalue weighted by Gasteiger charge is 2.23. The van der Waals surface area contributed by atoms with Crippen LogP contribution >= 0.6 is 11.6 Å². The lowest BCUT2D eigenvalue weighted by Crippen LogP contribution is -2.39. The van der Waals surface area contributed by atoms with Crippen molar-refractivity contribution in [2.45, 2.75) is 11.3 Å². The van der Waals surface area contributed by atoms with E-state index in [9.17, 15) is 18.0 Å². The molecule has 0 aliphatic rings. The number of nitrogens with one attached hydrogen (secondary N) is 2. The number of sulfonamides is 1. The topological polar surface area (TPSA) is 112 Å². The Morgan fingerprint density at radius 1 is 1.21 bits per heavy atom. The zero-order valence-corrected chi connectivity index (χ0v) is 16.5. The summed E-state index contributed by atoms with van der Waals surface area (Å²) >= 11 is 5.82. The minimum Gasteiger partial charge on any atom is -0.408 e. The van der Waals surface area contributed by atoms with Gasteiger partial charge in [-0.3, -0.25) is 9.78 Å². The monoisotopic (exact) mass is 423 g/mol. The number of rotatable bonds is 7. The molecule has 0 saturated carbocycles. The summed E-state index contributed by atoms with van der Waals surface area (Å²) in [6.45, 7) is 0.0346. The molecule has 8 nitrogen and oxygen atoms in total. The number of fused-ring (bicyclic) bond motifs is 1. The molecule has 0 aliphatic carbocycles. The van der Waals surface area contributed by atoms with E-state index < -0.39 is 21.7 Å². The van der Waals surface area contributed by atoms with E-state index in [4.69, 9.17) is 16.0 Å². The van der Waals surface area contributed by atoms with Crippen LogP contribution in [0.2, 0.25) is 5.02 Å². The number of nitrogens with zero attached hydrogens (tertiary/aromatic N) is 1. The van der Waals surface area contributed by atoms with Gasteiger partial charge in [0.05, 0.1) is 17.0 Å². The summed E-state index contributed by atoms with van der Waals surface area (Å²) in [7, 11) is -2.61. The van der Waals surface area contributed by atoms with Crippen molar-refractivity contribution >= 4 is 38.6 Å². The number of aromatic nitrogens is 1. The normalized spacial score (nSPS) is 11.8. The Morgan fingerprint density at radius 3 is 2.64 bits per heavy atom. The van der Waals surface area contributed by atoms with Gasteiger partial charge < -0.3 is 9.73 Å². The van der Waals surface area contributed by atoms with E-state index >= 15 is 0 Å². The zero-order valence-electron chi connectivity index (χ0n) is 14.9. The van der Waals surface area contributed by atoms with Crippen molar-refractivity contribution in [3.05, 3.63) is 63.6 Å². The molecule has 1 heterocycles. The number of H-pyrrole nitrogens is 1. The SMILES string of the molecule is CN(CC(=O)NCCc1ccc(Cl)cc1)S(=O)(=O)c1ccc2[nH]c(=O)oc2c1. The number of oxazole rings is 1. The Hall–Kier alpha value is -2.62. The second-order valence-electron chi connectivity index (χ2n) is 6.16. The van der Waals surface area contributed by atoms with Crippen molar-refractivity contribution < 1.29 is 17.6 Å². The van der Waals surface area contributed by atoms with Crippen LogP contribution < -0.4 is 11.1 Å². The molecular weight excluding hydrogens is 406 g/mol. The summed E-state index contributed by atoms with van der Waals surface area (Å²) < 4.78 is 31.1. The van der Waals surface area contributed by atoms with Crippen LogP contribution in [0.5, 0.6) is 0 Å². The number of halogens is 1. The summed E-state index contributed by atoms with van der Waals surface area (Å²) in [6, 6.07) is 11.3. The van der Waals surface area contributed by atoms with Gasteiger partial charge in [0.1, 0.15) is 0 Å². The Morgan fingerprint density at radius 2 is 1.93 bits per heavy atom. The first kappa shape index (κ1) is 20.1. The Bertz CT molecular complexity index is 1150. The molecule has 0 aliphatic heterocycles. The first-order valence-corrected chi connectivity index (χ1v) is 10.2. The van der Waals surface area contributed by atoms with Crippen molar-refractivity contribution in [2.75, 3.05) is 20.1 Å². The van der Waals surface area contributed by atoms with Crippen molar-refractivity contribution in [3.8, 4) is 0 Å². The Kier molecular flexibility index (Phi) is 5.87. The summed E-state index contributed by atoms with van der Waals surface area (Å²) in [5.74, 6) is -1.09. The van der Waals surface area contributed by atoms with Crippen LogP contribution in [0.25, 0.3) is 11.1 Å². The van der Waals surface area contributed by atoms with Gasteiger partial charge in [0, 0.05) is 24.7 Å². The predicted molar refractivity (Wildman–Crippen MR) is 105 cm³/mol. The molecule has 0 radical (unpaired) electrons. The molecule has 1 aromatic heterocycles. The lowest BCUT2D eigenvalue weighted by atomic mass is 10.1. The molecule has 2 N–H and O–H groups in total. The third-order valence-corrected chi connectivity index (χ3v) is 6.17. The molecule has 3 aromatic rings. The van der Waals surface area contributed by atoms with Gasteiger partial charge in [-0.05, 0) is 36.2 Å². The summed E-state index contributed by atoms with van der Waals surface area (Å²) in [4.78, 5) is 25.7. The smallest absolute Gasteiger partial charge is 0.408 e. The fourth-order valence-corrected chi connectivity index (χ4v) is 3.88. The minimum absolute atomic E-state index is 0.0702. The van der Waals surface area contributed by atoms with Gasteiger partial charge >= 0.3 is 5.76 Å². The Labute approximate surface area is 166 Å². The van der Waals surface area contributed by atoms with Crippen LogP contribution in [0.4, 0.5) is 0 Å². The fraction of sp³-hybridized carbons (Fsp3) is 0.222. The summed E-state index contributed by atoms with van der Waals surface area (Å²) in [5.41, 5.74) is 1.53. The quantitative estimate of drug-likeness (QED) is 0.601. The molecule has 0 atom stereocenters. The van der Waals surface area contributed by atoms with Crippen LogP contribution in [0.3, 0.4) is 0 Å². The van der Waals surface area contributed by atoms with Gasteiger partial charge in [0.25, 0.3) is 0 Å². The van der Waals surface area contributed by atoms with Gasteiger partial charge in [-0.25, -0.2) is 13.2 Å². The van der Waals surface area contributed by atoms with E-state index in [0.717, 1.165) is 9.87 Å². The van der Waals surface area contributed by atoms with E-state index in [2.05, 4.69) is 10.3 Å². The van der Waals surface area contributed by atoms with E-state index in [0.29, 0.717) is 23.5 Å². The zero-order chi connectivity index (χ0) is 20.3. The molecule has 2 aromatic carbocycles. The molecule has 28 heavy (non-hydrogen) atoms. The van der Waals surface area contributed by atoms with Gasteiger partial charge in [0.2, 0.25) is 15.9 Å². The molecule has 0 fully saturated rings. The van der Waals surface area contributed by atoms with Gasteiger partial charge in [-0.15, -0.1) is 0 Å². The fourth-order valence-electron chi connectivity index (χ4n) is 2.61. The number of carbonyl (C=O) groups is 1. The molecule has 1 amide bonds. The first-order chi connectivity index (χ1) is 13.3. The third-order valence-electron chi connectivity index (χ3n) is 4.12. The molecule has 0 unspecified atom stereocenters. The molecule has 10 heteroatoms. The van der Waals surface area contributed by atoms with Crippen LogP contribution in [0, 0.1) is 0 Å². The number of hydrogen-bond donors (Lipinski definition) is 2. The van der Waals surface area contributed by atoms with Crippen LogP contribution in [0.1, 0.15) is 5.56 Å². The minimum atomic E-state index is -3.92. The number of aromatic amines is 1. The predicted octanol–water partition coefficient (Wildman–Crippen LogP) is 1.75. The maximum absolute atomic E-state index is 12.6. The second-order valence-corrected chi connectivity index (χ2v) is 8.64. The van der Waals surface area contributed by atoms with E-state index in [1.807, 2.05) is 12.1 Å². The number of carbonyl (C=O) groups excluding carboxylic acids is 1. The molecular formula is C18H18ClN3O5S. The Balaban J connectivity index is 1.59. The highest BCUT2D eigenvalue weighted by atomic mass is 35.5. The summed E-state index contributed by atoms with van der Waals surface area (Å²) in [6.07, 6.45) is 0.600. The van der Waals surface area contributed by atoms with Gasteiger partial charge in [-0.1, -0.05) is 23.7 Å². The standard InChI is InChI=1S/C18H18ClN3O5S/c1-22(11-17(23)20-9-8-12-2-4-13(19)5-3-12)28(25,26)14-6-7-15-16(10-14)27-18(24)21-15/h2-7,10H,8-9,11H2,1H3,(H,20,23)(H,21,24). The average molecular weight is 424 g/mol. The summed E-state index contributed by atoms with van der Waals surface area (Å²) in [5, 5.41) is 3.33. The molecule has 148 valence electrons. The van der Waals surface area contributed by atoms with Crippen molar-refractivity contribution in [3.63, 3.8) is 0 Å². The van der Waals surface area contributed by atoms with Crippen LogP contribution in [0.15, 0.2) is 56.6 Å². The average Bonchev–Trinajstić information content (AvgIpc) is 3.02. The van der Waals surface area contributed by atoms with Gasteiger partial charge in [-0.2, -0.15) is 4.31 Å². The second kappa shape index (κ2) is 8.17. The molecule has 0 spiro atoms.